The molecule has 0 bridgehead atoms. The number of fused-ring (bicyclic) bond motifs is 1. The minimum atomic E-state index is -1.13. The fourth-order valence-electron chi connectivity index (χ4n) is 2.17. The van der Waals surface area contributed by atoms with Gasteiger partial charge in [0.05, 0.1) is 17.1 Å². The highest BCUT2D eigenvalue weighted by Crippen LogP contribution is 2.33. The third-order valence-corrected chi connectivity index (χ3v) is 3.37. The predicted octanol–water partition coefficient (Wildman–Crippen LogP) is 0.629. The van der Waals surface area contributed by atoms with Crippen LogP contribution in [0.5, 0.6) is 5.75 Å². The predicted molar refractivity (Wildman–Crippen MR) is 72.0 cm³/mol. The number of amides is 1. The Morgan fingerprint density at radius 3 is 2.86 bits per heavy atom. The number of benzene rings is 1. The molecule has 2 heterocycles. The minimum Gasteiger partial charge on any atom is -0.481 e. The molecule has 21 heavy (non-hydrogen) atoms. The fourth-order valence-corrected chi connectivity index (χ4v) is 2.17. The van der Waals surface area contributed by atoms with E-state index in [-0.39, 0.29) is 18.2 Å². The molecule has 1 aliphatic heterocycles. The van der Waals surface area contributed by atoms with Crippen molar-refractivity contribution in [2.45, 2.75) is 6.92 Å². The van der Waals surface area contributed by atoms with E-state index >= 15 is 0 Å². The lowest BCUT2D eigenvalue weighted by Gasteiger charge is -2.26. The Labute approximate surface area is 119 Å². The first kappa shape index (κ1) is 13.1. The van der Waals surface area contributed by atoms with Crippen LogP contribution in [0.1, 0.15) is 16.2 Å². The maximum atomic E-state index is 11.6. The van der Waals surface area contributed by atoms with E-state index in [4.69, 9.17) is 9.84 Å². The van der Waals surface area contributed by atoms with Gasteiger partial charge in [-0.3, -0.25) is 4.79 Å². The van der Waals surface area contributed by atoms with Gasteiger partial charge in [-0.1, -0.05) is 5.21 Å². The van der Waals surface area contributed by atoms with Crippen molar-refractivity contribution in [3.8, 4) is 11.4 Å². The first-order valence-corrected chi connectivity index (χ1v) is 6.18. The van der Waals surface area contributed by atoms with Crippen LogP contribution in [0.25, 0.3) is 5.69 Å². The minimum absolute atomic E-state index is 0.0241. The number of rotatable bonds is 2. The third kappa shape index (κ3) is 2.00. The number of hydrogen-bond donors (Lipinski definition) is 1. The molecular formula is C13H12N4O4. The quantitative estimate of drug-likeness (QED) is 0.870. The number of anilines is 1. The standard InChI is InChI=1S/C13H12N4O4/c1-7-12(13(19)20)14-15-17(7)8-3-4-9-10(5-8)21-6-11(18)16(9)2/h3-5H,6H2,1-2H3,(H,19,20). The normalized spacial score (nSPS) is 13.8. The Bertz CT molecular complexity index is 753. The molecule has 0 saturated carbocycles. The molecule has 0 spiro atoms. The number of aromatic nitrogens is 3. The SMILES string of the molecule is Cc1c(C(=O)O)nnn1-c1ccc2c(c1)OCC(=O)N2C. The summed E-state index contributed by atoms with van der Waals surface area (Å²) in [4.78, 5) is 24.1. The highest BCUT2D eigenvalue weighted by Gasteiger charge is 2.23. The molecular weight excluding hydrogens is 276 g/mol. The Balaban J connectivity index is 2.06. The maximum absolute atomic E-state index is 11.6. The summed E-state index contributed by atoms with van der Waals surface area (Å²) in [5.74, 6) is -0.708. The zero-order valence-electron chi connectivity index (χ0n) is 11.4. The van der Waals surface area contributed by atoms with Crippen LogP contribution < -0.4 is 9.64 Å². The number of carbonyl (C=O) groups is 2. The number of aromatic carboxylic acids is 1. The molecule has 0 fully saturated rings. The molecule has 1 aliphatic rings. The number of carboxylic acid groups (broad SMARTS) is 1. The van der Waals surface area contributed by atoms with Gasteiger partial charge < -0.3 is 14.7 Å². The van der Waals surface area contributed by atoms with Gasteiger partial charge in [-0.15, -0.1) is 5.10 Å². The molecule has 0 unspecified atom stereocenters. The van der Waals surface area contributed by atoms with Gasteiger partial charge >= 0.3 is 5.97 Å². The molecule has 108 valence electrons. The molecule has 1 N–H and O–H groups in total. The van der Waals surface area contributed by atoms with Gasteiger partial charge in [0, 0.05) is 13.1 Å². The van der Waals surface area contributed by atoms with Crippen LogP contribution >= 0.6 is 0 Å². The van der Waals surface area contributed by atoms with E-state index in [1.807, 2.05) is 0 Å². The summed E-state index contributed by atoms with van der Waals surface area (Å²) in [5, 5.41) is 16.5. The molecule has 8 nitrogen and oxygen atoms in total. The van der Waals surface area contributed by atoms with Crippen LogP contribution in [0.4, 0.5) is 5.69 Å². The van der Waals surface area contributed by atoms with Gasteiger partial charge in [-0.25, -0.2) is 9.48 Å². The molecule has 1 aromatic heterocycles. The van der Waals surface area contributed by atoms with E-state index in [0.717, 1.165) is 0 Å². The highest BCUT2D eigenvalue weighted by atomic mass is 16.5. The zero-order valence-corrected chi connectivity index (χ0v) is 11.4. The first-order valence-electron chi connectivity index (χ1n) is 6.18. The Kier molecular flexibility index (Phi) is 2.86. The van der Waals surface area contributed by atoms with Gasteiger partial charge in [0.2, 0.25) is 0 Å². The summed E-state index contributed by atoms with van der Waals surface area (Å²) in [6.45, 7) is 1.60. The summed E-state index contributed by atoms with van der Waals surface area (Å²) >= 11 is 0. The van der Waals surface area contributed by atoms with Crippen LogP contribution in [-0.2, 0) is 4.79 Å². The first-order chi connectivity index (χ1) is 9.99. The highest BCUT2D eigenvalue weighted by molar-refractivity contribution is 5.97. The summed E-state index contributed by atoms with van der Waals surface area (Å²) in [7, 11) is 1.67. The molecule has 0 aliphatic carbocycles. The summed E-state index contributed by atoms with van der Waals surface area (Å²) in [5.41, 5.74) is 1.60. The number of carbonyl (C=O) groups excluding carboxylic acids is 1. The van der Waals surface area contributed by atoms with Crippen molar-refractivity contribution in [3.05, 3.63) is 29.6 Å². The van der Waals surface area contributed by atoms with Crippen LogP contribution in [0.3, 0.4) is 0 Å². The molecule has 1 aromatic carbocycles. The summed E-state index contributed by atoms with van der Waals surface area (Å²) in [6, 6.07) is 5.15. The molecule has 0 atom stereocenters. The fraction of sp³-hybridized carbons (Fsp3) is 0.231. The third-order valence-electron chi connectivity index (χ3n) is 3.37. The molecule has 2 aromatic rings. The van der Waals surface area contributed by atoms with Crippen molar-refractivity contribution >= 4 is 17.6 Å². The summed E-state index contributed by atoms with van der Waals surface area (Å²) < 4.78 is 6.81. The average molecular weight is 288 g/mol. The second kappa shape index (κ2) is 4.58. The second-order valence-corrected chi connectivity index (χ2v) is 4.63. The average Bonchev–Trinajstić information content (AvgIpc) is 2.84. The Morgan fingerprint density at radius 1 is 1.43 bits per heavy atom. The van der Waals surface area contributed by atoms with Crippen molar-refractivity contribution in [3.63, 3.8) is 0 Å². The Hall–Kier alpha value is -2.90. The van der Waals surface area contributed by atoms with Crippen LogP contribution in [0.15, 0.2) is 18.2 Å². The van der Waals surface area contributed by atoms with E-state index in [1.165, 1.54) is 9.58 Å². The van der Waals surface area contributed by atoms with Crippen LogP contribution in [-0.4, -0.2) is 45.6 Å². The van der Waals surface area contributed by atoms with Gasteiger partial charge in [-0.05, 0) is 19.1 Å². The zero-order chi connectivity index (χ0) is 15.1. The largest absolute Gasteiger partial charge is 0.481 e. The smallest absolute Gasteiger partial charge is 0.358 e. The van der Waals surface area contributed by atoms with E-state index in [0.29, 0.717) is 22.8 Å². The molecule has 8 heteroatoms. The van der Waals surface area contributed by atoms with Gasteiger partial charge in [0.1, 0.15) is 5.75 Å². The molecule has 0 radical (unpaired) electrons. The van der Waals surface area contributed by atoms with Crippen molar-refractivity contribution in [1.82, 2.24) is 15.0 Å². The lowest BCUT2D eigenvalue weighted by atomic mass is 10.2. The number of carboxylic acids is 1. The Morgan fingerprint density at radius 2 is 2.19 bits per heavy atom. The molecule has 1 amide bonds. The van der Waals surface area contributed by atoms with Crippen molar-refractivity contribution in [2.24, 2.45) is 0 Å². The van der Waals surface area contributed by atoms with E-state index < -0.39 is 5.97 Å². The van der Waals surface area contributed by atoms with E-state index in [1.54, 1.807) is 32.2 Å². The number of hydrogen-bond acceptors (Lipinski definition) is 5. The number of likely N-dealkylation sites (N-methyl/N-ethyl adjacent to an activating group) is 1. The number of ether oxygens (including phenoxy) is 1. The summed E-state index contributed by atoms with van der Waals surface area (Å²) in [6.07, 6.45) is 0. The van der Waals surface area contributed by atoms with Gasteiger partial charge in [-0.2, -0.15) is 0 Å². The van der Waals surface area contributed by atoms with E-state index in [9.17, 15) is 9.59 Å². The molecule has 3 rings (SSSR count). The van der Waals surface area contributed by atoms with Crippen molar-refractivity contribution in [1.29, 1.82) is 0 Å². The van der Waals surface area contributed by atoms with Crippen LogP contribution in [0.2, 0.25) is 0 Å². The lowest BCUT2D eigenvalue weighted by Crippen LogP contribution is -2.35. The second-order valence-electron chi connectivity index (χ2n) is 4.63. The molecule has 0 saturated heterocycles. The van der Waals surface area contributed by atoms with Gasteiger partial charge in [0.25, 0.3) is 5.91 Å². The number of nitrogens with zero attached hydrogens (tertiary/aromatic N) is 4. The van der Waals surface area contributed by atoms with Crippen molar-refractivity contribution in [2.75, 3.05) is 18.6 Å². The van der Waals surface area contributed by atoms with Gasteiger partial charge in [0.15, 0.2) is 12.3 Å². The topological polar surface area (TPSA) is 97.5 Å². The lowest BCUT2D eigenvalue weighted by molar-refractivity contribution is -0.120. The monoisotopic (exact) mass is 288 g/mol. The maximum Gasteiger partial charge on any atom is 0.358 e. The van der Waals surface area contributed by atoms with Crippen molar-refractivity contribution < 1.29 is 19.4 Å². The van der Waals surface area contributed by atoms with E-state index in [2.05, 4.69) is 10.3 Å². The van der Waals surface area contributed by atoms with Crippen LogP contribution in [0, 0.1) is 6.92 Å².